The summed E-state index contributed by atoms with van der Waals surface area (Å²) in [5.74, 6) is 0.379. The van der Waals surface area contributed by atoms with Gasteiger partial charge in [-0.2, -0.15) is 9.57 Å². The molecule has 8 heteroatoms. The van der Waals surface area contributed by atoms with Crippen LogP contribution in [0.1, 0.15) is 37.0 Å². The first kappa shape index (κ1) is 19.4. The minimum atomic E-state index is -3.58. The third-order valence-corrected chi connectivity index (χ3v) is 6.67. The lowest BCUT2D eigenvalue weighted by Crippen LogP contribution is -2.42. The second-order valence-corrected chi connectivity index (χ2v) is 9.20. The maximum atomic E-state index is 12.9. The number of carbonyl (C=O) groups excluding carboxylic acids is 1. The molecular formula is C19H23N3O4S. The second kappa shape index (κ2) is 7.71. The van der Waals surface area contributed by atoms with Gasteiger partial charge in [0.2, 0.25) is 15.9 Å². The Labute approximate surface area is 159 Å². The van der Waals surface area contributed by atoms with Gasteiger partial charge >= 0.3 is 0 Å². The van der Waals surface area contributed by atoms with Crippen LogP contribution in [-0.4, -0.2) is 38.3 Å². The van der Waals surface area contributed by atoms with E-state index in [9.17, 15) is 13.2 Å². The second-order valence-electron chi connectivity index (χ2n) is 7.26. The molecule has 1 aromatic carbocycles. The van der Waals surface area contributed by atoms with Gasteiger partial charge in [-0.1, -0.05) is 13.8 Å². The number of piperidine rings is 1. The highest BCUT2D eigenvalue weighted by Crippen LogP contribution is 2.27. The quantitative estimate of drug-likeness (QED) is 0.851. The molecule has 0 unspecified atom stereocenters. The molecule has 3 rings (SSSR count). The van der Waals surface area contributed by atoms with Crippen LogP contribution in [0.3, 0.4) is 0 Å². The predicted octanol–water partition coefficient (Wildman–Crippen LogP) is 2.24. The fraction of sp³-hybridized carbons (Fsp3) is 0.474. The maximum Gasteiger partial charge on any atom is 0.257 e. The number of rotatable bonds is 4. The predicted molar refractivity (Wildman–Crippen MR) is 98.8 cm³/mol. The van der Waals surface area contributed by atoms with Crippen molar-refractivity contribution in [3.63, 3.8) is 0 Å². The number of ether oxygens (including phenoxy) is 1. The van der Waals surface area contributed by atoms with Crippen LogP contribution in [-0.2, 0) is 14.8 Å². The number of hydrogen-bond donors (Lipinski definition) is 1. The largest absolute Gasteiger partial charge is 0.478 e. The van der Waals surface area contributed by atoms with Crippen molar-refractivity contribution < 1.29 is 17.9 Å². The lowest BCUT2D eigenvalue weighted by Gasteiger charge is -2.34. The first-order valence-electron chi connectivity index (χ1n) is 8.99. The van der Waals surface area contributed by atoms with Crippen LogP contribution in [0.25, 0.3) is 0 Å². The molecular weight excluding hydrogens is 366 g/mol. The van der Waals surface area contributed by atoms with E-state index in [-0.39, 0.29) is 10.8 Å². The summed E-state index contributed by atoms with van der Waals surface area (Å²) in [4.78, 5) is 12.5. The number of benzene rings is 1. The summed E-state index contributed by atoms with van der Waals surface area (Å²) in [7, 11) is -3.58. The van der Waals surface area contributed by atoms with E-state index in [1.54, 1.807) is 0 Å². The summed E-state index contributed by atoms with van der Waals surface area (Å²) >= 11 is 0. The first-order chi connectivity index (χ1) is 12.8. The van der Waals surface area contributed by atoms with Gasteiger partial charge in [0.25, 0.3) is 5.91 Å². The molecule has 0 saturated carbocycles. The van der Waals surface area contributed by atoms with Crippen LogP contribution in [0.2, 0.25) is 0 Å². The van der Waals surface area contributed by atoms with E-state index in [0.29, 0.717) is 49.1 Å². The van der Waals surface area contributed by atoms with Crippen LogP contribution in [0, 0.1) is 23.2 Å². The Kier molecular flexibility index (Phi) is 5.53. The lowest BCUT2D eigenvalue weighted by molar-refractivity contribution is 0.0930. The highest BCUT2D eigenvalue weighted by molar-refractivity contribution is 7.89. The molecule has 2 heterocycles. The molecule has 1 N–H and O–H groups in total. The topological polar surface area (TPSA) is 99.5 Å². The van der Waals surface area contributed by atoms with Crippen molar-refractivity contribution in [2.75, 3.05) is 19.7 Å². The number of carbonyl (C=O) groups is 1. The molecule has 2 aliphatic rings. The molecule has 1 fully saturated rings. The molecule has 0 bridgehead atoms. The number of nitrogens with one attached hydrogen (secondary N) is 1. The average molecular weight is 389 g/mol. The van der Waals surface area contributed by atoms with Crippen molar-refractivity contribution in [2.45, 2.75) is 31.6 Å². The zero-order valence-electron chi connectivity index (χ0n) is 15.4. The van der Waals surface area contributed by atoms with Crippen molar-refractivity contribution >= 4 is 15.9 Å². The number of nitrogens with zero attached hydrogens (tertiary/aromatic N) is 2. The van der Waals surface area contributed by atoms with Gasteiger partial charge in [-0.25, -0.2) is 8.42 Å². The molecule has 7 nitrogen and oxygen atoms in total. The van der Waals surface area contributed by atoms with Gasteiger partial charge in [0.1, 0.15) is 6.07 Å². The fourth-order valence-electron chi connectivity index (χ4n) is 3.58. The van der Waals surface area contributed by atoms with Crippen molar-refractivity contribution in [2.24, 2.45) is 11.8 Å². The molecule has 2 aliphatic heterocycles. The third kappa shape index (κ3) is 4.15. The Bertz CT molecular complexity index is 890. The number of hydrogen-bond acceptors (Lipinski definition) is 5. The van der Waals surface area contributed by atoms with E-state index in [1.807, 2.05) is 6.07 Å². The lowest BCUT2D eigenvalue weighted by atomic mass is 9.94. The Hall–Kier alpha value is -2.37. The molecule has 0 aromatic heterocycles. The third-order valence-electron chi connectivity index (χ3n) is 4.82. The number of sulfonamides is 1. The molecule has 1 amide bonds. The van der Waals surface area contributed by atoms with Crippen molar-refractivity contribution in [3.8, 4) is 6.07 Å². The van der Waals surface area contributed by atoms with Crippen LogP contribution in [0.5, 0.6) is 0 Å². The summed E-state index contributed by atoms with van der Waals surface area (Å²) < 4.78 is 32.5. The summed E-state index contributed by atoms with van der Waals surface area (Å²) in [6.07, 6.45) is 1.49. The van der Waals surface area contributed by atoms with Crippen LogP contribution < -0.4 is 5.32 Å². The molecule has 1 saturated heterocycles. The smallest absolute Gasteiger partial charge is 0.257 e. The van der Waals surface area contributed by atoms with E-state index in [2.05, 4.69) is 19.2 Å². The average Bonchev–Trinajstić information content (AvgIpc) is 3.08. The fourth-order valence-corrected chi connectivity index (χ4v) is 5.26. The Balaban J connectivity index is 1.75. The molecule has 0 radical (unpaired) electrons. The van der Waals surface area contributed by atoms with Gasteiger partial charge in [0.05, 0.1) is 17.1 Å². The summed E-state index contributed by atoms with van der Waals surface area (Å²) in [5, 5.41) is 11.6. The molecule has 0 spiro atoms. The highest BCUT2D eigenvalue weighted by Gasteiger charge is 2.31. The van der Waals surface area contributed by atoms with Crippen LogP contribution in [0.4, 0.5) is 0 Å². The monoisotopic (exact) mass is 389 g/mol. The molecule has 144 valence electrons. The Morgan fingerprint density at radius 1 is 1.22 bits per heavy atom. The van der Waals surface area contributed by atoms with Crippen molar-refractivity contribution in [1.29, 1.82) is 5.26 Å². The van der Waals surface area contributed by atoms with Crippen LogP contribution in [0.15, 0.2) is 40.6 Å². The summed E-state index contributed by atoms with van der Waals surface area (Å²) in [6, 6.07) is 7.84. The van der Waals surface area contributed by atoms with Gasteiger partial charge in [-0.15, -0.1) is 0 Å². The Morgan fingerprint density at radius 3 is 2.44 bits per heavy atom. The molecule has 0 aliphatic carbocycles. The normalized spacial score (nSPS) is 23.6. The molecule has 27 heavy (non-hydrogen) atoms. The molecule has 2 atom stereocenters. The van der Waals surface area contributed by atoms with E-state index >= 15 is 0 Å². The Morgan fingerprint density at radius 2 is 1.85 bits per heavy atom. The van der Waals surface area contributed by atoms with Gasteiger partial charge < -0.3 is 4.74 Å². The van der Waals surface area contributed by atoms with Gasteiger partial charge in [0, 0.05) is 25.1 Å². The van der Waals surface area contributed by atoms with Crippen LogP contribution >= 0.6 is 0 Å². The van der Waals surface area contributed by atoms with Gasteiger partial charge in [-0.3, -0.25) is 10.1 Å². The van der Waals surface area contributed by atoms with E-state index in [1.165, 1.54) is 28.6 Å². The van der Waals surface area contributed by atoms with E-state index in [4.69, 9.17) is 10.00 Å². The zero-order chi connectivity index (χ0) is 19.6. The van der Waals surface area contributed by atoms with Gasteiger partial charge in [-0.05, 0) is 42.5 Å². The van der Waals surface area contributed by atoms with Crippen molar-refractivity contribution in [3.05, 3.63) is 41.3 Å². The maximum absolute atomic E-state index is 12.9. The minimum absolute atomic E-state index is 0.175. The standard InChI is InChI=1S/C19H23N3O4S/c1-13-9-14(2)12-22(11-13)27(24,25)17-5-3-15(4-6-17)18(23)21-19-16(10-20)7-8-26-19/h3-6,13-14H,7-9,11-12H2,1-2H3,(H,21,23)/t13-,14-/m1/s1. The highest BCUT2D eigenvalue weighted by atomic mass is 32.2. The zero-order valence-corrected chi connectivity index (χ0v) is 16.3. The van der Waals surface area contributed by atoms with Crippen molar-refractivity contribution in [1.82, 2.24) is 9.62 Å². The SMILES string of the molecule is C[C@@H]1C[C@@H](C)CN(S(=O)(=O)c2ccc(C(=O)NC3=C(C#N)CCO3)cc2)C1. The number of amides is 1. The summed E-state index contributed by atoms with van der Waals surface area (Å²) in [5.41, 5.74) is 0.700. The summed E-state index contributed by atoms with van der Waals surface area (Å²) in [6.45, 7) is 5.50. The van der Waals surface area contributed by atoms with Gasteiger partial charge in [0.15, 0.2) is 0 Å². The number of nitriles is 1. The first-order valence-corrected chi connectivity index (χ1v) is 10.4. The molecule has 1 aromatic rings. The minimum Gasteiger partial charge on any atom is -0.478 e. The van der Waals surface area contributed by atoms with E-state index < -0.39 is 15.9 Å². The van der Waals surface area contributed by atoms with E-state index in [0.717, 1.165) is 6.42 Å².